The Morgan fingerprint density at radius 2 is 2.25 bits per heavy atom. The normalized spacial score (nSPS) is 10.1. The first-order valence-corrected chi connectivity index (χ1v) is 3.71. The van der Waals surface area contributed by atoms with Crippen LogP contribution in [0.4, 0.5) is 0 Å². The summed E-state index contributed by atoms with van der Waals surface area (Å²) in [7, 11) is 1.61. The van der Waals surface area contributed by atoms with Crippen LogP contribution >= 0.6 is 0 Å². The number of hydrogen-bond acceptors (Lipinski definition) is 2. The van der Waals surface area contributed by atoms with Gasteiger partial charge in [-0.05, 0) is 24.3 Å². The van der Waals surface area contributed by atoms with E-state index in [-0.39, 0.29) is 0 Å². The van der Waals surface area contributed by atoms with Gasteiger partial charge in [0.15, 0.2) is 0 Å². The van der Waals surface area contributed by atoms with Crippen molar-refractivity contribution >= 4 is 10.9 Å². The van der Waals surface area contributed by atoms with Crippen molar-refractivity contribution in [1.29, 1.82) is 0 Å². The van der Waals surface area contributed by atoms with Crippen molar-refractivity contribution in [3.8, 4) is 5.88 Å². The molecule has 1 aromatic carbocycles. The number of hydrogen-bond donors (Lipinski definition) is 0. The lowest BCUT2D eigenvalue weighted by atomic mass is 10.2. The third kappa shape index (κ3) is 1.11. The van der Waals surface area contributed by atoms with Crippen molar-refractivity contribution < 1.29 is 4.74 Å². The predicted octanol–water partition coefficient (Wildman–Crippen LogP) is 2.04. The van der Waals surface area contributed by atoms with Crippen LogP contribution in [0.3, 0.4) is 0 Å². The second-order valence-electron chi connectivity index (χ2n) is 2.47. The van der Waals surface area contributed by atoms with Crippen molar-refractivity contribution in [2.24, 2.45) is 0 Å². The highest BCUT2D eigenvalue weighted by Gasteiger charge is 1.95. The topological polar surface area (TPSA) is 22.1 Å². The molecule has 0 unspecified atom stereocenters. The molecule has 1 heterocycles. The van der Waals surface area contributed by atoms with Gasteiger partial charge in [0, 0.05) is 11.5 Å². The molecule has 12 heavy (non-hydrogen) atoms. The molecule has 2 heteroatoms. The zero-order valence-corrected chi connectivity index (χ0v) is 6.74. The highest BCUT2D eigenvalue weighted by atomic mass is 16.5. The van der Waals surface area contributed by atoms with E-state index in [4.69, 9.17) is 4.74 Å². The van der Waals surface area contributed by atoms with Gasteiger partial charge < -0.3 is 4.74 Å². The first-order valence-electron chi connectivity index (χ1n) is 3.71. The maximum atomic E-state index is 5.00. The van der Waals surface area contributed by atoms with E-state index < -0.39 is 0 Å². The molecular weight excluding hydrogens is 150 g/mol. The molecule has 1 radical (unpaired) electrons. The summed E-state index contributed by atoms with van der Waals surface area (Å²) >= 11 is 0. The van der Waals surface area contributed by atoms with Gasteiger partial charge in [0.2, 0.25) is 5.88 Å². The molecule has 0 aliphatic carbocycles. The van der Waals surface area contributed by atoms with E-state index in [1.165, 1.54) is 0 Å². The van der Waals surface area contributed by atoms with E-state index in [0.717, 1.165) is 10.9 Å². The molecule has 1 aromatic heterocycles. The second-order valence-corrected chi connectivity index (χ2v) is 2.47. The highest BCUT2D eigenvalue weighted by molar-refractivity contribution is 5.78. The maximum Gasteiger partial charge on any atom is 0.213 e. The molecule has 0 atom stereocenters. The highest BCUT2D eigenvalue weighted by Crippen LogP contribution is 2.14. The monoisotopic (exact) mass is 158 g/mol. The molecule has 0 bridgehead atoms. The number of aromatic nitrogens is 1. The van der Waals surface area contributed by atoms with Crippen LogP contribution in [0.25, 0.3) is 10.9 Å². The number of nitrogens with zero attached hydrogens (tertiary/aromatic N) is 1. The van der Waals surface area contributed by atoms with Crippen molar-refractivity contribution in [3.05, 3.63) is 36.4 Å². The molecule has 0 saturated carbocycles. The minimum Gasteiger partial charge on any atom is -0.481 e. The van der Waals surface area contributed by atoms with Gasteiger partial charge in [-0.1, -0.05) is 6.07 Å². The van der Waals surface area contributed by atoms with Crippen LogP contribution in [0.15, 0.2) is 30.3 Å². The molecule has 0 aliphatic heterocycles. The van der Waals surface area contributed by atoms with E-state index >= 15 is 0 Å². The van der Waals surface area contributed by atoms with Gasteiger partial charge in [-0.3, -0.25) is 0 Å². The van der Waals surface area contributed by atoms with Crippen LogP contribution < -0.4 is 4.74 Å². The third-order valence-electron chi connectivity index (χ3n) is 1.72. The molecule has 2 aromatic rings. The van der Waals surface area contributed by atoms with Gasteiger partial charge in [0.25, 0.3) is 0 Å². The Labute approximate surface area is 70.8 Å². The van der Waals surface area contributed by atoms with Crippen LogP contribution in [-0.2, 0) is 0 Å². The summed E-state index contributed by atoms with van der Waals surface area (Å²) in [4.78, 5) is 4.25. The summed E-state index contributed by atoms with van der Waals surface area (Å²) in [5.41, 5.74) is 0.938. The van der Waals surface area contributed by atoms with Gasteiger partial charge in [-0.2, -0.15) is 0 Å². The maximum absolute atomic E-state index is 5.00. The number of pyridine rings is 1. The van der Waals surface area contributed by atoms with Gasteiger partial charge in [0.05, 0.1) is 12.6 Å². The minimum atomic E-state index is 0.647. The van der Waals surface area contributed by atoms with Crippen LogP contribution in [0, 0.1) is 6.07 Å². The SMILES string of the molecule is COc1ccc2c[c]ccc2n1. The molecular formula is C10H8NO. The lowest BCUT2D eigenvalue weighted by molar-refractivity contribution is 0.399. The zero-order valence-electron chi connectivity index (χ0n) is 6.74. The Bertz CT molecular complexity index is 398. The van der Waals surface area contributed by atoms with E-state index in [2.05, 4.69) is 11.1 Å². The van der Waals surface area contributed by atoms with Gasteiger partial charge in [-0.25, -0.2) is 4.98 Å². The van der Waals surface area contributed by atoms with Crippen molar-refractivity contribution in [2.45, 2.75) is 0 Å². The lowest BCUT2D eigenvalue weighted by Crippen LogP contribution is -1.86. The zero-order chi connectivity index (χ0) is 8.39. The van der Waals surface area contributed by atoms with E-state index in [1.54, 1.807) is 7.11 Å². The lowest BCUT2D eigenvalue weighted by Gasteiger charge is -1.99. The summed E-state index contributed by atoms with van der Waals surface area (Å²) in [6.07, 6.45) is 0. The summed E-state index contributed by atoms with van der Waals surface area (Å²) in [5, 5.41) is 1.08. The first kappa shape index (κ1) is 7.10. The average Bonchev–Trinajstić information content (AvgIpc) is 2.17. The standard InChI is InChI=1S/C10H8NO/c1-12-10-7-6-8-4-2-3-5-9(8)11-10/h3-7H,1H3. The molecule has 2 nitrogen and oxygen atoms in total. The van der Waals surface area contributed by atoms with E-state index in [1.807, 2.05) is 30.3 Å². The largest absolute Gasteiger partial charge is 0.481 e. The van der Waals surface area contributed by atoms with Gasteiger partial charge in [-0.15, -0.1) is 0 Å². The Hall–Kier alpha value is -1.57. The summed E-state index contributed by atoms with van der Waals surface area (Å²) in [6, 6.07) is 12.5. The average molecular weight is 158 g/mol. The summed E-state index contributed by atoms with van der Waals surface area (Å²) in [6.45, 7) is 0. The molecule has 0 fully saturated rings. The van der Waals surface area contributed by atoms with Gasteiger partial charge in [0.1, 0.15) is 0 Å². The number of methoxy groups -OCH3 is 1. The smallest absolute Gasteiger partial charge is 0.213 e. The Kier molecular flexibility index (Phi) is 1.67. The van der Waals surface area contributed by atoms with Crippen LogP contribution in [-0.4, -0.2) is 12.1 Å². The summed E-state index contributed by atoms with van der Waals surface area (Å²) < 4.78 is 5.00. The fourth-order valence-electron chi connectivity index (χ4n) is 1.10. The van der Waals surface area contributed by atoms with Crippen molar-refractivity contribution in [3.63, 3.8) is 0 Å². The fraction of sp³-hybridized carbons (Fsp3) is 0.100. The first-order chi connectivity index (χ1) is 5.90. The predicted molar refractivity (Wildman–Crippen MR) is 47.1 cm³/mol. The van der Waals surface area contributed by atoms with Crippen LogP contribution in [0.1, 0.15) is 0 Å². The molecule has 0 saturated heterocycles. The van der Waals surface area contributed by atoms with Crippen LogP contribution in [0.5, 0.6) is 5.88 Å². The Morgan fingerprint density at radius 1 is 1.33 bits per heavy atom. The number of rotatable bonds is 1. The fourth-order valence-corrected chi connectivity index (χ4v) is 1.10. The number of ether oxygens (including phenoxy) is 1. The quantitative estimate of drug-likeness (QED) is 0.633. The minimum absolute atomic E-state index is 0.647. The number of benzene rings is 1. The van der Waals surface area contributed by atoms with Crippen molar-refractivity contribution in [2.75, 3.05) is 7.11 Å². The molecule has 0 N–H and O–H groups in total. The molecule has 0 aliphatic rings. The van der Waals surface area contributed by atoms with E-state index in [0.29, 0.717) is 5.88 Å². The van der Waals surface area contributed by atoms with Gasteiger partial charge >= 0.3 is 0 Å². The second kappa shape index (κ2) is 2.81. The third-order valence-corrected chi connectivity index (χ3v) is 1.72. The number of fused-ring (bicyclic) bond motifs is 1. The molecule has 0 spiro atoms. The van der Waals surface area contributed by atoms with E-state index in [9.17, 15) is 0 Å². The van der Waals surface area contributed by atoms with Crippen LogP contribution in [0.2, 0.25) is 0 Å². The summed E-state index contributed by atoms with van der Waals surface area (Å²) in [5.74, 6) is 0.647. The molecule has 2 rings (SSSR count). The molecule has 0 amide bonds. The Morgan fingerprint density at radius 3 is 3.08 bits per heavy atom. The van der Waals surface area contributed by atoms with Crippen molar-refractivity contribution in [1.82, 2.24) is 4.98 Å². The molecule has 59 valence electrons. The Balaban J connectivity index is 2.67.